The maximum absolute atomic E-state index is 14.8. The van der Waals surface area contributed by atoms with Crippen molar-refractivity contribution in [3.63, 3.8) is 0 Å². The molecule has 1 aliphatic heterocycles. The number of H-pyrrole nitrogens is 1. The van der Waals surface area contributed by atoms with Crippen molar-refractivity contribution in [3.05, 3.63) is 112 Å². The molecule has 1 saturated heterocycles. The summed E-state index contributed by atoms with van der Waals surface area (Å²) >= 11 is 6.07. The Morgan fingerprint density at radius 3 is 2.44 bits per heavy atom. The van der Waals surface area contributed by atoms with Crippen molar-refractivity contribution in [2.75, 3.05) is 13.1 Å². The summed E-state index contributed by atoms with van der Waals surface area (Å²) in [5.41, 5.74) is 4.31. The number of hydrogen-bond acceptors (Lipinski definition) is 4. The lowest BCUT2D eigenvalue weighted by atomic mass is 10.0. The first-order valence-electron chi connectivity index (χ1n) is 13.4. The molecule has 204 valence electrons. The Hall–Kier alpha value is -4.76. The average Bonchev–Trinajstić information content (AvgIpc) is 3.57. The van der Waals surface area contributed by atoms with Crippen LogP contribution in [0.3, 0.4) is 0 Å². The van der Waals surface area contributed by atoms with Crippen molar-refractivity contribution in [2.24, 2.45) is 0 Å². The number of carbonyl (C=O) groups is 1. The van der Waals surface area contributed by atoms with Gasteiger partial charge in [-0.2, -0.15) is 5.10 Å². The van der Waals surface area contributed by atoms with Crippen molar-refractivity contribution in [1.82, 2.24) is 29.0 Å². The number of halogens is 2. The van der Waals surface area contributed by atoms with E-state index in [0.717, 1.165) is 16.6 Å². The van der Waals surface area contributed by atoms with Gasteiger partial charge in [0.2, 0.25) is 0 Å². The highest BCUT2D eigenvalue weighted by atomic mass is 35.5. The van der Waals surface area contributed by atoms with Crippen LogP contribution in [-0.4, -0.2) is 48.0 Å². The fourth-order valence-corrected chi connectivity index (χ4v) is 5.75. The van der Waals surface area contributed by atoms with Gasteiger partial charge in [0.15, 0.2) is 5.65 Å². The lowest BCUT2D eigenvalue weighted by Gasteiger charge is -2.32. The van der Waals surface area contributed by atoms with Gasteiger partial charge >= 0.3 is 5.69 Å². The monoisotopic (exact) mass is 566 g/mol. The lowest BCUT2D eigenvalue weighted by molar-refractivity contribution is 0.0686. The second-order valence-electron chi connectivity index (χ2n) is 10.2. The summed E-state index contributed by atoms with van der Waals surface area (Å²) in [6, 6.07) is 24.6. The first kappa shape index (κ1) is 25.2. The number of aromatic amines is 1. The Morgan fingerprint density at radius 2 is 1.66 bits per heavy atom. The van der Waals surface area contributed by atoms with Crippen LogP contribution >= 0.6 is 11.6 Å². The van der Waals surface area contributed by atoms with E-state index >= 15 is 0 Å². The van der Waals surface area contributed by atoms with Gasteiger partial charge in [0.25, 0.3) is 5.91 Å². The van der Waals surface area contributed by atoms with Crippen LogP contribution < -0.4 is 5.69 Å². The number of piperidine rings is 1. The van der Waals surface area contributed by atoms with Gasteiger partial charge in [0.05, 0.1) is 22.4 Å². The smallest absolute Gasteiger partial charge is 0.326 e. The van der Waals surface area contributed by atoms with Gasteiger partial charge in [-0.15, -0.1) is 0 Å². The van der Waals surface area contributed by atoms with E-state index in [9.17, 15) is 14.0 Å². The van der Waals surface area contributed by atoms with Gasteiger partial charge in [0.1, 0.15) is 11.5 Å². The van der Waals surface area contributed by atoms with Crippen LogP contribution in [0.15, 0.2) is 89.7 Å². The number of fused-ring (bicyclic) bond motifs is 2. The van der Waals surface area contributed by atoms with Crippen LogP contribution in [0.2, 0.25) is 5.02 Å². The molecule has 0 spiro atoms. The maximum atomic E-state index is 14.8. The molecule has 0 bridgehead atoms. The molecule has 10 heteroatoms. The van der Waals surface area contributed by atoms with Gasteiger partial charge in [0, 0.05) is 41.3 Å². The van der Waals surface area contributed by atoms with Crippen molar-refractivity contribution in [3.8, 4) is 22.5 Å². The molecule has 6 aromatic rings. The Bertz CT molecular complexity index is 1990. The molecule has 1 amide bonds. The third-order valence-electron chi connectivity index (χ3n) is 7.68. The Morgan fingerprint density at radius 1 is 0.927 bits per heavy atom. The van der Waals surface area contributed by atoms with E-state index in [0.29, 0.717) is 53.6 Å². The summed E-state index contributed by atoms with van der Waals surface area (Å²) in [5, 5.41) is 5.31. The fraction of sp³-hybridized carbons (Fsp3) is 0.161. The quantitative estimate of drug-likeness (QED) is 0.284. The molecule has 0 aliphatic carbocycles. The maximum Gasteiger partial charge on any atom is 0.326 e. The topological polar surface area (TPSA) is 88.3 Å². The molecule has 4 heterocycles. The zero-order valence-corrected chi connectivity index (χ0v) is 22.6. The summed E-state index contributed by atoms with van der Waals surface area (Å²) < 4.78 is 18.1. The molecule has 1 aliphatic rings. The highest BCUT2D eigenvalue weighted by Gasteiger charge is 2.29. The van der Waals surface area contributed by atoms with Crippen LogP contribution in [0, 0.1) is 5.82 Å². The number of likely N-dealkylation sites (tertiary alicyclic amines) is 1. The molecule has 0 radical (unpaired) electrons. The lowest BCUT2D eigenvalue weighted by Crippen LogP contribution is -2.41. The number of benzene rings is 3. The van der Waals surface area contributed by atoms with Crippen LogP contribution in [0.1, 0.15) is 29.4 Å². The second-order valence-corrected chi connectivity index (χ2v) is 10.6. The van der Waals surface area contributed by atoms with E-state index in [1.165, 1.54) is 10.6 Å². The first-order chi connectivity index (χ1) is 20.0. The van der Waals surface area contributed by atoms with E-state index in [1.807, 2.05) is 36.4 Å². The highest BCUT2D eigenvalue weighted by molar-refractivity contribution is 6.30. The van der Waals surface area contributed by atoms with Gasteiger partial charge in [-0.1, -0.05) is 48.0 Å². The number of aromatic nitrogens is 5. The van der Waals surface area contributed by atoms with Crippen LogP contribution in [-0.2, 0) is 0 Å². The Balaban J connectivity index is 1.25. The minimum atomic E-state index is -0.426. The van der Waals surface area contributed by atoms with E-state index < -0.39 is 5.82 Å². The SMILES string of the molecule is O=C(c1cc(-c2ccccc2F)nc2cc(-c3ccc(Cl)cc3)nn12)N1CCC(n2c(=O)[nH]c3ccccc32)CC1. The number of para-hydroxylation sites is 2. The summed E-state index contributed by atoms with van der Waals surface area (Å²) in [4.78, 5) is 36.1. The molecule has 1 fully saturated rings. The number of nitrogens with one attached hydrogen (secondary N) is 1. The molecular weight excluding hydrogens is 543 g/mol. The summed E-state index contributed by atoms with van der Waals surface area (Å²) in [6.45, 7) is 0.916. The van der Waals surface area contributed by atoms with Crippen molar-refractivity contribution < 1.29 is 9.18 Å². The predicted molar refractivity (Wildman–Crippen MR) is 156 cm³/mol. The fourth-order valence-electron chi connectivity index (χ4n) is 5.62. The number of amides is 1. The highest BCUT2D eigenvalue weighted by Crippen LogP contribution is 2.29. The molecule has 0 unspecified atom stereocenters. The normalized spacial score (nSPS) is 14.2. The molecule has 41 heavy (non-hydrogen) atoms. The summed E-state index contributed by atoms with van der Waals surface area (Å²) in [6.07, 6.45) is 1.24. The molecule has 7 rings (SSSR count). The van der Waals surface area contributed by atoms with Crippen molar-refractivity contribution >= 4 is 34.2 Å². The zero-order chi connectivity index (χ0) is 28.1. The molecular formula is C31H24ClFN6O2. The number of imidazole rings is 1. The van der Waals surface area contributed by atoms with E-state index in [4.69, 9.17) is 16.7 Å². The zero-order valence-electron chi connectivity index (χ0n) is 21.8. The van der Waals surface area contributed by atoms with Crippen molar-refractivity contribution in [2.45, 2.75) is 18.9 Å². The Labute approximate surface area is 238 Å². The average molecular weight is 567 g/mol. The van der Waals surface area contributed by atoms with Crippen LogP contribution in [0.25, 0.3) is 39.2 Å². The molecule has 3 aromatic heterocycles. The van der Waals surface area contributed by atoms with Gasteiger partial charge in [-0.3, -0.25) is 9.36 Å². The number of hydrogen-bond donors (Lipinski definition) is 1. The number of nitrogens with zero attached hydrogens (tertiary/aromatic N) is 5. The van der Waals surface area contributed by atoms with E-state index in [-0.39, 0.29) is 23.3 Å². The van der Waals surface area contributed by atoms with E-state index in [1.54, 1.807) is 51.9 Å². The largest absolute Gasteiger partial charge is 0.337 e. The van der Waals surface area contributed by atoms with Gasteiger partial charge in [-0.05, 0) is 55.3 Å². The third kappa shape index (κ3) is 4.48. The summed E-state index contributed by atoms with van der Waals surface area (Å²) in [7, 11) is 0. The molecule has 0 atom stereocenters. The minimum absolute atomic E-state index is 0.0321. The minimum Gasteiger partial charge on any atom is -0.337 e. The number of carbonyl (C=O) groups excluding carboxylic acids is 1. The molecule has 1 N–H and O–H groups in total. The first-order valence-corrected chi connectivity index (χ1v) is 13.7. The third-order valence-corrected chi connectivity index (χ3v) is 7.93. The van der Waals surface area contributed by atoms with Crippen LogP contribution in [0.4, 0.5) is 4.39 Å². The van der Waals surface area contributed by atoms with Gasteiger partial charge in [-0.25, -0.2) is 18.7 Å². The second kappa shape index (κ2) is 10.0. The molecule has 0 saturated carbocycles. The van der Waals surface area contributed by atoms with Crippen LogP contribution in [0.5, 0.6) is 0 Å². The molecule has 3 aromatic carbocycles. The summed E-state index contributed by atoms with van der Waals surface area (Å²) in [5.74, 6) is -0.657. The van der Waals surface area contributed by atoms with Gasteiger partial charge < -0.3 is 9.88 Å². The molecule has 8 nitrogen and oxygen atoms in total. The standard InChI is InChI=1S/C31H24ClFN6O2/c32-20-11-9-19(10-12-20)25-18-29-34-26(22-5-1-2-6-23(22)33)17-28(39(29)36-25)30(40)37-15-13-21(14-16-37)38-27-8-4-3-7-24(27)35-31(38)41/h1-12,17-18,21H,13-16H2,(H,35,41). The predicted octanol–water partition coefficient (Wildman–Crippen LogP) is 5.98. The Kier molecular flexibility index (Phi) is 6.16. The van der Waals surface area contributed by atoms with Crippen molar-refractivity contribution in [1.29, 1.82) is 0 Å². The van der Waals surface area contributed by atoms with E-state index in [2.05, 4.69) is 9.97 Å². The number of rotatable bonds is 4.